The van der Waals surface area contributed by atoms with Gasteiger partial charge < -0.3 is 10.2 Å². The van der Waals surface area contributed by atoms with E-state index in [0.717, 1.165) is 29.2 Å². The third-order valence-electron chi connectivity index (χ3n) is 4.36. The molecule has 166 valence electrons. The number of sulfonamides is 1. The molecule has 0 saturated carbocycles. The molecule has 0 unspecified atom stereocenters. The number of hydrogen-bond donors (Lipinski definition) is 2. The zero-order chi connectivity index (χ0) is 23.3. The Labute approximate surface area is 189 Å². The number of nitrogens with one attached hydrogen (secondary N) is 2. The first-order valence-corrected chi connectivity index (χ1v) is 11.2. The summed E-state index contributed by atoms with van der Waals surface area (Å²) >= 11 is 5.90. The number of likely N-dealkylation sites (N-methyl/N-ethyl adjacent to an activating group) is 1. The molecule has 7 nitrogen and oxygen atoms in total. The molecule has 0 aliphatic carbocycles. The van der Waals surface area contributed by atoms with Crippen molar-refractivity contribution >= 4 is 44.8 Å². The second kappa shape index (κ2) is 9.80. The molecular weight excluding hydrogens is 457 g/mol. The van der Waals surface area contributed by atoms with Crippen molar-refractivity contribution < 1.29 is 22.4 Å². The van der Waals surface area contributed by atoms with Gasteiger partial charge in [-0.2, -0.15) is 0 Å². The SMILES string of the molecule is CN(CC(=O)Nc1cccc(Cl)c1)C(=O)c1ccccc1NS(=O)(=O)c1ccc(F)cc1. The third kappa shape index (κ3) is 5.83. The van der Waals surface area contributed by atoms with Crippen LogP contribution in [-0.2, 0) is 14.8 Å². The first kappa shape index (κ1) is 23.2. The number of rotatable bonds is 7. The van der Waals surface area contributed by atoms with E-state index < -0.39 is 27.7 Å². The molecule has 0 aliphatic rings. The molecular formula is C22H19ClFN3O4S. The monoisotopic (exact) mass is 475 g/mol. The van der Waals surface area contributed by atoms with Gasteiger partial charge in [-0.05, 0) is 54.6 Å². The van der Waals surface area contributed by atoms with Gasteiger partial charge in [-0.3, -0.25) is 14.3 Å². The molecule has 0 bridgehead atoms. The second-order valence-electron chi connectivity index (χ2n) is 6.82. The molecule has 0 heterocycles. The number of amides is 2. The molecule has 3 aromatic rings. The van der Waals surface area contributed by atoms with E-state index in [9.17, 15) is 22.4 Å². The molecule has 0 radical (unpaired) electrons. The lowest BCUT2D eigenvalue weighted by Gasteiger charge is -2.19. The fourth-order valence-electron chi connectivity index (χ4n) is 2.84. The Kier molecular flexibility index (Phi) is 7.12. The number of carbonyl (C=O) groups excluding carboxylic acids is 2. The molecule has 0 spiro atoms. The topological polar surface area (TPSA) is 95.6 Å². The van der Waals surface area contributed by atoms with Crippen LogP contribution in [0.5, 0.6) is 0 Å². The highest BCUT2D eigenvalue weighted by molar-refractivity contribution is 7.92. The van der Waals surface area contributed by atoms with Crippen LogP contribution in [0.3, 0.4) is 0 Å². The first-order chi connectivity index (χ1) is 15.2. The molecule has 0 aromatic heterocycles. The summed E-state index contributed by atoms with van der Waals surface area (Å²) in [5.41, 5.74) is 0.566. The summed E-state index contributed by atoms with van der Waals surface area (Å²) in [4.78, 5) is 26.2. The molecule has 32 heavy (non-hydrogen) atoms. The van der Waals surface area contributed by atoms with Crippen LogP contribution in [0.2, 0.25) is 5.02 Å². The van der Waals surface area contributed by atoms with E-state index >= 15 is 0 Å². The van der Waals surface area contributed by atoms with Gasteiger partial charge in [0.05, 0.1) is 22.7 Å². The zero-order valence-corrected chi connectivity index (χ0v) is 18.5. The quantitative estimate of drug-likeness (QED) is 0.540. The fraction of sp³-hybridized carbons (Fsp3) is 0.0909. The molecule has 2 N–H and O–H groups in total. The Morgan fingerprint density at radius 3 is 2.38 bits per heavy atom. The smallest absolute Gasteiger partial charge is 0.261 e. The predicted octanol–water partition coefficient (Wildman–Crippen LogP) is 3.99. The van der Waals surface area contributed by atoms with Crippen LogP contribution in [-0.4, -0.2) is 38.7 Å². The Hall–Kier alpha value is -3.43. The minimum absolute atomic E-state index is 0.0314. The van der Waals surface area contributed by atoms with Gasteiger partial charge >= 0.3 is 0 Å². The van der Waals surface area contributed by atoms with Crippen LogP contribution in [0.25, 0.3) is 0 Å². The van der Waals surface area contributed by atoms with Crippen molar-refractivity contribution in [1.29, 1.82) is 0 Å². The molecule has 0 saturated heterocycles. The molecule has 3 rings (SSSR count). The fourth-order valence-corrected chi connectivity index (χ4v) is 4.11. The Morgan fingerprint density at radius 1 is 1.00 bits per heavy atom. The van der Waals surface area contributed by atoms with Crippen LogP contribution < -0.4 is 10.0 Å². The summed E-state index contributed by atoms with van der Waals surface area (Å²) in [5.74, 6) is -1.59. The highest BCUT2D eigenvalue weighted by Crippen LogP contribution is 2.22. The van der Waals surface area contributed by atoms with Gasteiger partial charge in [-0.15, -0.1) is 0 Å². The molecule has 3 aromatic carbocycles. The summed E-state index contributed by atoms with van der Waals surface area (Å²) in [7, 11) is -2.64. The zero-order valence-electron chi connectivity index (χ0n) is 16.9. The van der Waals surface area contributed by atoms with Crippen molar-refractivity contribution in [2.24, 2.45) is 0 Å². The van der Waals surface area contributed by atoms with E-state index in [1.54, 1.807) is 36.4 Å². The van der Waals surface area contributed by atoms with Crippen LogP contribution in [0.1, 0.15) is 10.4 Å². The molecule has 0 atom stereocenters. The Morgan fingerprint density at radius 2 is 1.69 bits per heavy atom. The largest absolute Gasteiger partial charge is 0.332 e. The summed E-state index contributed by atoms with van der Waals surface area (Å²) in [5, 5.41) is 3.09. The standard InChI is InChI=1S/C22H19ClFN3O4S/c1-27(14-21(28)25-17-6-4-5-15(23)13-17)22(29)19-7-2-3-8-20(19)26-32(30,31)18-11-9-16(24)10-12-18/h2-13,26H,14H2,1H3,(H,25,28). The van der Waals surface area contributed by atoms with Crippen molar-refractivity contribution in [2.75, 3.05) is 23.6 Å². The lowest BCUT2D eigenvalue weighted by atomic mass is 10.1. The summed E-state index contributed by atoms with van der Waals surface area (Å²) in [6.45, 7) is -0.273. The van der Waals surface area contributed by atoms with Gasteiger partial charge in [0.25, 0.3) is 15.9 Å². The number of benzene rings is 3. The van der Waals surface area contributed by atoms with Gasteiger partial charge in [0, 0.05) is 17.8 Å². The minimum atomic E-state index is -4.06. The second-order valence-corrected chi connectivity index (χ2v) is 8.94. The van der Waals surface area contributed by atoms with Gasteiger partial charge in [0.2, 0.25) is 5.91 Å². The van der Waals surface area contributed by atoms with Crippen LogP contribution >= 0.6 is 11.6 Å². The maximum absolute atomic E-state index is 13.1. The lowest BCUT2D eigenvalue weighted by molar-refractivity contribution is -0.116. The summed E-state index contributed by atoms with van der Waals surface area (Å²) in [6, 6.07) is 16.9. The molecule has 10 heteroatoms. The van der Waals surface area contributed by atoms with Crippen molar-refractivity contribution in [3.8, 4) is 0 Å². The minimum Gasteiger partial charge on any atom is -0.332 e. The highest BCUT2D eigenvalue weighted by Gasteiger charge is 2.22. The Balaban J connectivity index is 1.74. The third-order valence-corrected chi connectivity index (χ3v) is 5.98. The average Bonchev–Trinajstić information content (AvgIpc) is 2.73. The normalized spacial score (nSPS) is 11.0. The van der Waals surface area contributed by atoms with E-state index in [4.69, 9.17) is 11.6 Å². The number of carbonyl (C=O) groups is 2. The van der Waals surface area contributed by atoms with Crippen molar-refractivity contribution in [3.63, 3.8) is 0 Å². The van der Waals surface area contributed by atoms with Gasteiger partial charge in [-0.1, -0.05) is 29.8 Å². The van der Waals surface area contributed by atoms with Crippen molar-refractivity contribution in [3.05, 3.63) is 89.2 Å². The molecule has 0 fully saturated rings. The van der Waals surface area contributed by atoms with Gasteiger partial charge in [-0.25, -0.2) is 12.8 Å². The predicted molar refractivity (Wildman–Crippen MR) is 121 cm³/mol. The first-order valence-electron chi connectivity index (χ1n) is 9.34. The molecule has 0 aliphatic heterocycles. The Bertz CT molecular complexity index is 1250. The van der Waals surface area contributed by atoms with Crippen LogP contribution in [0, 0.1) is 5.82 Å². The summed E-state index contributed by atoms with van der Waals surface area (Å²) < 4.78 is 40.7. The lowest BCUT2D eigenvalue weighted by Crippen LogP contribution is -2.35. The summed E-state index contributed by atoms with van der Waals surface area (Å²) in [6.07, 6.45) is 0. The number of para-hydroxylation sites is 1. The van der Waals surface area contributed by atoms with Gasteiger partial charge in [0.1, 0.15) is 5.82 Å². The number of halogens is 2. The maximum Gasteiger partial charge on any atom is 0.261 e. The average molecular weight is 476 g/mol. The van der Waals surface area contributed by atoms with E-state index in [0.29, 0.717) is 10.7 Å². The van der Waals surface area contributed by atoms with Crippen molar-refractivity contribution in [2.45, 2.75) is 4.90 Å². The van der Waals surface area contributed by atoms with Crippen LogP contribution in [0.4, 0.5) is 15.8 Å². The van der Waals surface area contributed by atoms with E-state index in [-0.39, 0.29) is 22.7 Å². The van der Waals surface area contributed by atoms with E-state index in [2.05, 4.69) is 10.0 Å². The van der Waals surface area contributed by atoms with Crippen LogP contribution in [0.15, 0.2) is 77.7 Å². The molecule has 2 amide bonds. The van der Waals surface area contributed by atoms with Gasteiger partial charge in [0.15, 0.2) is 0 Å². The van der Waals surface area contributed by atoms with E-state index in [1.807, 2.05) is 0 Å². The number of nitrogens with zero attached hydrogens (tertiary/aromatic N) is 1. The maximum atomic E-state index is 13.1. The van der Waals surface area contributed by atoms with E-state index in [1.165, 1.54) is 19.2 Å². The van der Waals surface area contributed by atoms with Crippen molar-refractivity contribution in [1.82, 2.24) is 4.90 Å². The highest BCUT2D eigenvalue weighted by atomic mass is 35.5. The number of hydrogen-bond acceptors (Lipinski definition) is 4. The number of anilines is 2.